The maximum Gasteiger partial charge on any atom is 0.338 e. The molecule has 6 heteroatoms. The fourth-order valence-electron chi connectivity index (χ4n) is 2.42. The number of carboxylic acid groups (broad SMARTS) is 1. The van der Waals surface area contributed by atoms with Crippen molar-refractivity contribution in [1.82, 2.24) is 9.78 Å². The Morgan fingerprint density at radius 3 is 2.86 bits per heavy atom. The van der Waals surface area contributed by atoms with Crippen molar-refractivity contribution in [2.45, 2.75) is 13.5 Å². The maximum absolute atomic E-state index is 14.2. The molecular weight excluding hydrogens is 307 g/mol. The maximum atomic E-state index is 14.2. The van der Waals surface area contributed by atoms with E-state index in [4.69, 9.17) is 16.7 Å². The monoisotopic (exact) mass is 318 g/mol. The van der Waals surface area contributed by atoms with Gasteiger partial charge in [0, 0.05) is 16.0 Å². The molecule has 0 atom stereocenters. The molecule has 1 aromatic heterocycles. The van der Waals surface area contributed by atoms with Crippen molar-refractivity contribution in [3.8, 4) is 0 Å². The zero-order chi connectivity index (χ0) is 15.9. The molecule has 3 aromatic rings. The number of carboxylic acids is 1. The van der Waals surface area contributed by atoms with Gasteiger partial charge in [-0.15, -0.1) is 0 Å². The Morgan fingerprint density at radius 1 is 1.36 bits per heavy atom. The topological polar surface area (TPSA) is 55.1 Å². The predicted octanol–water partition coefficient (Wildman–Crippen LogP) is 3.88. The van der Waals surface area contributed by atoms with Crippen LogP contribution in [0.15, 0.2) is 36.5 Å². The van der Waals surface area contributed by atoms with Gasteiger partial charge in [0.15, 0.2) is 0 Å². The highest BCUT2D eigenvalue weighted by atomic mass is 35.5. The fraction of sp³-hybridized carbons (Fsp3) is 0.125. The summed E-state index contributed by atoms with van der Waals surface area (Å²) in [6.07, 6.45) is 1.68. The Balaban J connectivity index is 2.06. The number of hydrogen-bond donors (Lipinski definition) is 1. The molecule has 0 saturated heterocycles. The van der Waals surface area contributed by atoms with Crippen LogP contribution in [0, 0.1) is 12.7 Å². The van der Waals surface area contributed by atoms with E-state index in [9.17, 15) is 9.18 Å². The smallest absolute Gasteiger partial charge is 0.338 e. The molecule has 0 aliphatic carbocycles. The summed E-state index contributed by atoms with van der Waals surface area (Å²) in [6.45, 7) is 2.04. The average molecular weight is 319 g/mol. The minimum Gasteiger partial charge on any atom is -0.478 e. The largest absolute Gasteiger partial charge is 0.478 e. The van der Waals surface area contributed by atoms with Gasteiger partial charge in [0.25, 0.3) is 0 Å². The molecule has 0 saturated carbocycles. The molecule has 0 amide bonds. The van der Waals surface area contributed by atoms with Gasteiger partial charge >= 0.3 is 5.97 Å². The van der Waals surface area contributed by atoms with Crippen molar-refractivity contribution in [1.29, 1.82) is 0 Å². The lowest BCUT2D eigenvalue weighted by Gasteiger charge is -2.08. The molecule has 0 aliphatic heterocycles. The Morgan fingerprint density at radius 2 is 2.14 bits per heavy atom. The number of carbonyl (C=O) groups is 1. The molecule has 0 fully saturated rings. The summed E-state index contributed by atoms with van der Waals surface area (Å²) in [5.74, 6) is -2.02. The van der Waals surface area contributed by atoms with Crippen LogP contribution in [0.4, 0.5) is 4.39 Å². The number of aromatic carboxylic acids is 1. The molecule has 22 heavy (non-hydrogen) atoms. The van der Waals surface area contributed by atoms with Crippen LogP contribution in [-0.4, -0.2) is 20.9 Å². The van der Waals surface area contributed by atoms with Crippen molar-refractivity contribution < 1.29 is 14.3 Å². The van der Waals surface area contributed by atoms with Gasteiger partial charge in [-0.1, -0.05) is 23.7 Å². The van der Waals surface area contributed by atoms with Gasteiger partial charge in [0.05, 0.1) is 23.8 Å². The highest BCUT2D eigenvalue weighted by molar-refractivity contribution is 6.32. The number of rotatable bonds is 3. The van der Waals surface area contributed by atoms with Crippen molar-refractivity contribution in [3.63, 3.8) is 0 Å². The van der Waals surface area contributed by atoms with Crippen molar-refractivity contribution in [2.75, 3.05) is 0 Å². The molecule has 0 radical (unpaired) electrons. The second-order valence-corrected chi connectivity index (χ2v) is 5.40. The number of hydrogen-bond acceptors (Lipinski definition) is 2. The SMILES string of the molecule is Cc1c(Cl)ccc2c1cnn2Cc1cccc(C(=O)O)c1F. The molecule has 0 spiro atoms. The standard InChI is InChI=1S/C16H12ClFN2O2/c1-9-12-7-19-20(14(12)6-5-13(9)17)8-10-3-2-4-11(15(10)18)16(21)22/h2-7H,8H2,1H3,(H,21,22). The van der Waals surface area contributed by atoms with Crippen LogP contribution in [0.25, 0.3) is 10.9 Å². The summed E-state index contributed by atoms with van der Waals surface area (Å²) in [7, 11) is 0. The molecule has 1 heterocycles. The third-order valence-corrected chi connectivity index (χ3v) is 4.07. The zero-order valence-corrected chi connectivity index (χ0v) is 12.4. The summed E-state index contributed by atoms with van der Waals surface area (Å²) < 4.78 is 15.8. The molecular formula is C16H12ClFN2O2. The van der Waals surface area contributed by atoms with E-state index in [2.05, 4.69) is 5.10 Å². The first kappa shape index (κ1) is 14.5. The van der Waals surface area contributed by atoms with Crippen LogP contribution >= 0.6 is 11.6 Å². The average Bonchev–Trinajstić information content (AvgIpc) is 2.88. The third kappa shape index (κ3) is 2.33. The minimum absolute atomic E-state index is 0.150. The van der Waals surface area contributed by atoms with E-state index in [-0.39, 0.29) is 17.7 Å². The molecule has 3 rings (SSSR count). The van der Waals surface area contributed by atoms with E-state index < -0.39 is 11.8 Å². The number of nitrogens with zero attached hydrogens (tertiary/aromatic N) is 2. The molecule has 4 nitrogen and oxygen atoms in total. The van der Waals surface area contributed by atoms with Crippen LogP contribution in [0.2, 0.25) is 5.02 Å². The Bertz CT molecular complexity index is 889. The first-order chi connectivity index (χ1) is 10.5. The van der Waals surface area contributed by atoms with Gasteiger partial charge in [0.1, 0.15) is 5.82 Å². The van der Waals surface area contributed by atoms with E-state index >= 15 is 0 Å². The first-order valence-corrected chi connectivity index (χ1v) is 6.98. The second kappa shape index (κ2) is 5.42. The van der Waals surface area contributed by atoms with Crippen LogP contribution < -0.4 is 0 Å². The van der Waals surface area contributed by atoms with Crippen LogP contribution in [0.3, 0.4) is 0 Å². The van der Waals surface area contributed by atoms with Crippen molar-refractivity contribution in [2.24, 2.45) is 0 Å². The minimum atomic E-state index is -1.28. The summed E-state index contributed by atoms with van der Waals surface area (Å²) in [5, 5.41) is 14.8. The lowest BCUT2D eigenvalue weighted by Crippen LogP contribution is -2.08. The molecule has 2 aromatic carbocycles. The van der Waals surface area contributed by atoms with E-state index in [0.29, 0.717) is 5.02 Å². The lowest BCUT2D eigenvalue weighted by molar-refractivity contribution is 0.0691. The van der Waals surface area contributed by atoms with Crippen LogP contribution in [-0.2, 0) is 6.54 Å². The Kier molecular flexibility index (Phi) is 3.58. The number of benzene rings is 2. The number of aryl methyl sites for hydroxylation is 1. The van der Waals surface area contributed by atoms with Crippen LogP contribution in [0.5, 0.6) is 0 Å². The second-order valence-electron chi connectivity index (χ2n) is 4.99. The van der Waals surface area contributed by atoms with Gasteiger partial charge in [-0.05, 0) is 30.7 Å². The summed E-state index contributed by atoms with van der Waals surface area (Å²) in [5.41, 5.74) is 1.66. The molecule has 112 valence electrons. The van der Waals surface area contributed by atoms with Gasteiger partial charge in [-0.2, -0.15) is 5.10 Å². The van der Waals surface area contributed by atoms with Gasteiger partial charge in [-0.3, -0.25) is 4.68 Å². The molecule has 1 N–H and O–H groups in total. The fourth-order valence-corrected chi connectivity index (χ4v) is 2.58. The normalized spacial score (nSPS) is 11.0. The van der Waals surface area contributed by atoms with E-state index in [1.54, 1.807) is 23.0 Å². The number of fused-ring (bicyclic) bond motifs is 1. The summed E-state index contributed by atoms with van der Waals surface area (Å²) in [4.78, 5) is 11.0. The van der Waals surface area contributed by atoms with Gasteiger partial charge < -0.3 is 5.11 Å². The van der Waals surface area contributed by atoms with E-state index in [0.717, 1.165) is 16.5 Å². The zero-order valence-electron chi connectivity index (χ0n) is 11.7. The van der Waals surface area contributed by atoms with Crippen molar-refractivity contribution in [3.05, 3.63) is 64.1 Å². The van der Waals surface area contributed by atoms with Gasteiger partial charge in [0.2, 0.25) is 0 Å². The van der Waals surface area contributed by atoms with Gasteiger partial charge in [-0.25, -0.2) is 9.18 Å². The quantitative estimate of drug-likeness (QED) is 0.797. The van der Waals surface area contributed by atoms with E-state index in [1.165, 1.54) is 12.1 Å². The predicted molar refractivity (Wildman–Crippen MR) is 81.9 cm³/mol. The van der Waals surface area contributed by atoms with Crippen molar-refractivity contribution >= 4 is 28.5 Å². The van der Waals surface area contributed by atoms with Crippen LogP contribution in [0.1, 0.15) is 21.5 Å². The van der Waals surface area contributed by atoms with E-state index in [1.807, 2.05) is 13.0 Å². The first-order valence-electron chi connectivity index (χ1n) is 6.60. The lowest BCUT2D eigenvalue weighted by atomic mass is 10.1. The number of halogens is 2. The third-order valence-electron chi connectivity index (χ3n) is 3.66. The number of aromatic nitrogens is 2. The Hall–Kier alpha value is -2.40. The highest BCUT2D eigenvalue weighted by Gasteiger charge is 2.15. The summed E-state index contributed by atoms with van der Waals surface area (Å²) in [6, 6.07) is 7.90. The molecule has 0 aliphatic rings. The molecule has 0 unspecified atom stereocenters. The molecule has 0 bridgehead atoms. The highest BCUT2D eigenvalue weighted by Crippen LogP contribution is 2.26. The Labute approximate surface area is 130 Å². The summed E-state index contributed by atoms with van der Waals surface area (Å²) >= 11 is 6.08.